The smallest absolute Gasteiger partial charge is 0.168 e. The molecule has 3 fully saturated rings. The van der Waals surface area contributed by atoms with E-state index < -0.39 is 0 Å². The second kappa shape index (κ2) is 7.91. The van der Waals surface area contributed by atoms with E-state index in [1.807, 2.05) is 0 Å². The Morgan fingerprint density at radius 3 is 2.38 bits per heavy atom. The highest BCUT2D eigenvalue weighted by atomic mass is 16.7. The summed E-state index contributed by atoms with van der Waals surface area (Å²) in [4.78, 5) is 2.61. The van der Waals surface area contributed by atoms with Crippen LogP contribution < -0.4 is 5.32 Å². The van der Waals surface area contributed by atoms with Crippen molar-refractivity contribution >= 4 is 0 Å². The van der Waals surface area contributed by atoms with Crippen LogP contribution in [-0.4, -0.2) is 56.6 Å². The van der Waals surface area contributed by atoms with E-state index in [1.165, 1.54) is 64.7 Å². The van der Waals surface area contributed by atoms with Gasteiger partial charge in [0.05, 0.1) is 13.2 Å². The molecule has 1 saturated carbocycles. The van der Waals surface area contributed by atoms with Crippen molar-refractivity contribution in [3.8, 4) is 0 Å². The Bertz CT molecular complexity index is 289. The molecule has 4 heteroatoms. The lowest BCUT2D eigenvalue weighted by atomic mass is 9.83. The molecule has 0 bridgehead atoms. The van der Waals surface area contributed by atoms with E-state index in [0.717, 1.165) is 38.5 Å². The molecule has 2 saturated heterocycles. The lowest BCUT2D eigenvalue weighted by Crippen LogP contribution is -2.37. The Balaban J connectivity index is 1.22. The Labute approximate surface area is 129 Å². The van der Waals surface area contributed by atoms with E-state index >= 15 is 0 Å². The van der Waals surface area contributed by atoms with Gasteiger partial charge in [-0.25, -0.2) is 0 Å². The third-order valence-corrected chi connectivity index (χ3v) is 5.46. The van der Waals surface area contributed by atoms with E-state index in [1.54, 1.807) is 0 Å². The van der Waals surface area contributed by atoms with Gasteiger partial charge in [-0.2, -0.15) is 0 Å². The standard InChI is InChI=1S/C17H32N2O2/c1-2-11-19(12-3-1)13-10-18-9-6-16-4-7-17(8-5-16)20-14-15-21-17/h16,18H,1-15H2. The van der Waals surface area contributed by atoms with E-state index in [-0.39, 0.29) is 5.79 Å². The maximum absolute atomic E-state index is 5.80. The molecule has 21 heavy (non-hydrogen) atoms. The summed E-state index contributed by atoms with van der Waals surface area (Å²) in [5.74, 6) is 0.684. The van der Waals surface area contributed by atoms with Gasteiger partial charge < -0.3 is 19.7 Å². The minimum absolute atomic E-state index is 0.182. The Hall–Kier alpha value is -0.160. The topological polar surface area (TPSA) is 33.7 Å². The van der Waals surface area contributed by atoms with E-state index in [9.17, 15) is 0 Å². The first-order valence-corrected chi connectivity index (χ1v) is 9.07. The molecule has 0 amide bonds. The molecule has 1 N–H and O–H groups in total. The Morgan fingerprint density at radius 2 is 1.67 bits per heavy atom. The van der Waals surface area contributed by atoms with E-state index in [2.05, 4.69) is 10.2 Å². The van der Waals surface area contributed by atoms with Crippen LogP contribution in [0.25, 0.3) is 0 Å². The zero-order chi connectivity index (χ0) is 14.4. The SMILES string of the molecule is C1CCN(CCNCCC2CCC3(CC2)OCCO3)CC1. The average Bonchev–Trinajstić information content (AvgIpc) is 2.98. The van der Waals surface area contributed by atoms with Crippen molar-refractivity contribution in [2.45, 2.75) is 57.2 Å². The van der Waals surface area contributed by atoms with Crippen LogP contribution in [0, 0.1) is 5.92 Å². The summed E-state index contributed by atoms with van der Waals surface area (Å²) < 4.78 is 11.6. The van der Waals surface area contributed by atoms with Gasteiger partial charge in [-0.15, -0.1) is 0 Å². The molecule has 3 rings (SSSR count). The minimum Gasteiger partial charge on any atom is -0.348 e. The summed E-state index contributed by atoms with van der Waals surface area (Å²) in [6.45, 7) is 7.77. The second-order valence-electron chi connectivity index (χ2n) is 6.99. The first kappa shape index (κ1) is 15.7. The number of nitrogens with one attached hydrogen (secondary N) is 1. The van der Waals surface area contributed by atoms with Crippen LogP contribution in [-0.2, 0) is 9.47 Å². The predicted molar refractivity (Wildman–Crippen MR) is 84.4 cm³/mol. The third kappa shape index (κ3) is 4.65. The monoisotopic (exact) mass is 296 g/mol. The van der Waals surface area contributed by atoms with Crippen LogP contribution >= 0.6 is 0 Å². The highest BCUT2D eigenvalue weighted by molar-refractivity contribution is 4.82. The highest BCUT2D eigenvalue weighted by Crippen LogP contribution is 2.39. The highest BCUT2D eigenvalue weighted by Gasteiger charge is 2.39. The van der Waals surface area contributed by atoms with Crippen molar-refractivity contribution in [2.24, 2.45) is 5.92 Å². The summed E-state index contributed by atoms with van der Waals surface area (Å²) >= 11 is 0. The third-order valence-electron chi connectivity index (χ3n) is 5.46. The fourth-order valence-corrected chi connectivity index (χ4v) is 4.04. The van der Waals surface area contributed by atoms with Crippen molar-refractivity contribution in [3.05, 3.63) is 0 Å². The number of hydrogen-bond acceptors (Lipinski definition) is 4. The van der Waals surface area contributed by atoms with Crippen LogP contribution in [0.4, 0.5) is 0 Å². The summed E-state index contributed by atoms with van der Waals surface area (Å²) in [6.07, 6.45) is 10.3. The van der Waals surface area contributed by atoms with Gasteiger partial charge in [0.2, 0.25) is 0 Å². The molecule has 0 radical (unpaired) electrons. The molecule has 1 spiro atoms. The Morgan fingerprint density at radius 1 is 0.952 bits per heavy atom. The molecule has 122 valence electrons. The van der Waals surface area contributed by atoms with Crippen molar-refractivity contribution in [3.63, 3.8) is 0 Å². The molecule has 0 atom stereocenters. The lowest BCUT2D eigenvalue weighted by Gasteiger charge is -2.35. The fraction of sp³-hybridized carbons (Fsp3) is 1.00. The maximum atomic E-state index is 5.80. The zero-order valence-corrected chi connectivity index (χ0v) is 13.4. The van der Waals surface area contributed by atoms with Crippen LogP contribution in [0.5, 0.6) is 0 Å². The summed E-state index contributed by atoms with van der Waals surface area (Å²) in [5, 5.41) is 3.64. The van der Waals surface area contributed by atoms with Crippen molar-refractivity contribution in [1.29, 1.82) is 0 Å². The first-order chi connectivity index (χ1) is 10.4. The quantitative estimate of drug-likeness (QED) is 0.763. The molecule has 0 aromatic rings. The summed E-state index contributed by atoms with van der Waals surface area (Å²) in [6, 6.07) is 0. The van der Waals surface area contributed by atoms with Crippen molar-refractivity contribution in [2.75, 3.05) is 45.9 Å². The van der Waals surface area contributed by atoms with Gasteiger partial charge in [0.1, 0.15) is 0 Å². The molecular formula is C17H32N2O2. The molecular weight excluding hydrogens is 264 g/mol. The number of likely N-dealkylation sites (tertiary alicyclic amines) is 1. The maximum Gasteiger partial charge on any atom is 0.168 e. The molecule has 1 aliphatic carbocycles. The lowest BCUT2D eigenvalue weighted by molar-refractivity contribution is -0.182. The Kier molecular flexibility index (Phi) is 5.92. The van der Waals surface area contributed by atoms with Crippen LogP contribution in [0.2, 0.25) is 0 Å². The van der Waals surface area contributed by atoms with Crippen LogP contribution in [0.15, 0.2) is 0 Å². The van der Waals surface area contributed by atoms with Gasteiger partial charge in [-0.3, -0.25) is 0 Å². The van der Waals surface area contributed by atoms with Crippen LogP contribution in [0.3, 0.4) is 0 Å². The molecule has 0 aromatic heterocycles. The molecule has 2 aliphatic heterocycles. The predicted octanol–water partition coefficient (Wildman–Crippen LogP) is 2.39. The molecule has 4 nitrogen and oxygen atoms in total. The number of rotatable bonds is 6. The minimum atomic E-state index is -0.182. The summed E-state index contributed by atoms with van der Waals surface area (Å²) in [5.41, 5.74) is 0. The fourth-order valence-electron chi connectivity index (χ4n) is 4.04. The first-order valence-electron chi connectivity index (χ1n) is 9.07. The van der Waals surface area contributed by atoms with Crippen LogP contribution in [0.1, 0.15) is 51.4 Å². The van der Waals surface area contributed by atoms with Crippen molar-refractivity contribution < 1.29 is 9.47 Å². The van der Waals surface area contributed by atoms with Gasteiger partial charge >= 0.3 is 0 Å². The van der Waals surface area contributed by atoms with E-state index in [0.29, 0.717) is 0 Å². The molecule has 2 heterocycles. The van der Waals surface area contributed by atoms with E-state index in [4.69, 9.17) is 9.47 Å². The number of hydrogen-bond donors (Lipinski definition) is 1. The number of nitrogens with zero attached hydrogens (tertiary/aromatic N) is 1. The number of ether oxygens (including phenoxy) is 2. The largest absolute Gasteiger partial charge is 0.348 e. The average molecular weight is 296 g/mol. The number of piperidine rings is 1. The summed E-state index contributed by atoms with van der Waals surface area (Å²) in [7, 11) is 0. The molecule has 3 aliphatic rings. The molecule has 0 unspecified atom stereocenters. The van der Waals surface area contributed by atoms with Crippen molar-refractivity contribution in [1.82, 2.24) is 10.2 Å². The normalized spacial score (nSPS) is 27.4. The van der Waals surface area contributed by atoms with Gasteiger partial charge in [0.15, 0.2) is 5.79 Å². The zero-order valence-electron chi connectivity index (χ0n) is 13.4. The van der Waals surface area contributed by atoms with Gasteiger partial charge in [-0.1, -0.05) is 6.42 Å². The van der Waals surface area contributed by atoms with Gasteiger partial charge in [0, 0.05) is 25.9 Å². The second-order valence-corrected chi connectivity index (χ2v) is 6.99. The van der Waals surface area contributed by atoms with Gasteiger partial charge in [-0.05, 0) is 57.7 Å². The molecule has 0 aromatic carbocycles. The van der Waals surface area contributed by atoms with Gasteiger partial charge in [0.25, 0.3) is 0 Å².